The number of hydrogen-bond donors (Lipinski definition) is 2. The first-order chi connectivity index (χ1) is 17.4. The molecule has 3 aromatic rings. The molecule has 2 amide bonds. The molecule has 36 heavy (non-hydrogen) atoms. The van der Waals surface area contributed by atoms with E-state index >= 15 is 0 Å². The zero-order chi connectivity index (χ0) is 25.9. The Morgan fingerprint density at radius 1 is 0.694 bits per heavy atom. The maximum atomic E-state index is 12.4. The number of benzene rings is 3. The maximum Gasteiger partial charge on any atom is 0.251 e. The maximum absolute atomic E-state index is 12.4. The van der Waals surface area contributed by atoms with Gasteiger partial charge in [0.15, 0.2) is 0 Å². The minimum Gasteiger partial charge on any atom is -0.497 e. The first kappa shape index (κ1) is 26.6. The number of nitrogens with one attached hydrogen (secondary N) is 2. The number of carbonyl (C=O) groups is 2. The van der Waals surface area contributed by atoms with E-state index in [2.05, 4.69) is 10.6 Å². The summed E-state index contributed by atoms with van der Waals surface area (Å²) in [6.07, 6.45) is 1.41. The van der Waals surface area contributed by atoms with Crippen molar-refractivity contribution < 1.29 is 23.8 Å². The van der Waals surface area contributed by atoms with Gasteiger partial charge in [-0.25, -0.2) is 0 Å². The molecular formula is C29H34N2O5. The van der Waals surface area contributed by atoms with Gasteiger partial charge in [-0.15, -0.1) is 0 Å². The van der Waals surface area contributed by atoms with Gasteiger partial charge in [-0.05, 0) is 91.9 Å². The molecule has 0 aliphatic heterocycles. The third kappa shape index (κ3) is 7.50. The molecule has 2 N–H and O–H groups in total. The lowest BCUT2D eigenvalue weighted by Crippen LogP contribution is -2.26. The third-order valence-electron chi connectivity index (χ3n) is 5.85. The molecule has 0 bridgehead atoms. The van der Waals surface area contributed by atoms with E-state index in [-0.39, 0.29) is 11.8 Å². The van der Waals surface area contributed by atoms with Crippen molar-refractivity contribution in [3.05, 3.63) is 88.5 Å². The van der Waals surface area contributed by atoms with Crippen molar-refractivity contribution in [2.45, 2.75) is 26.7 Å². The van der Waals surface area contributed by atoms with Gasteiger partial charge in [-0.1, -0.05) is 12.1 Å². The van der Waals surface area contributed by atoms with Gasteiger partial charge >= 0.3 is 0 Å². The second kappa shape index (κ2) is 13.2. The van der Waals surface area contributed by atoms with E-state index in [0.29, 0.717) is 37.2 Å². The Morgan fingerprint density at radius 2 is 1.19 bits per heavy atom. The summed E-state index contributed by atoms with van der Waals surface area (Å²) >= 11 is 0. The molecule has 0 aliphatic rings. The fraction of sp³-hybridized carbons (Fsp3) is 0.310. The van der Waals surface area contributed by atoms with Gasteiger partial charge in [0, 0.05) is 24.2 Å². The van der Waals surface area contributed by atoms with Crippen LogP contribution in [-0.2, 0) is 6.42 Å². The van der Waals surface area contributed by atoms with Crippen molar-refractivity contribution in [2.24, 2.45) is 0 Å². The van der Waals surface area contributed by atoms with Gasteiger partial charge in [-0.3, -0.25) is 9.59 Å². The monoisotopic (exact) mass is 490 g/mol. The number of carbonyl (C=O) groups excluding carboxylic acids is 2. The van der Waals surface area contributed by atoms with E-state index in [9.17, 15) is 9.59 Å². The second-order valence-corrected chi connectivity index (χ2v) is 8.47. The SMILES string of the molecule is COc1ccc(C(=O)NCCCOc2ccc(CCNC(=O)c3ccc(OC)cc3C)cc2)c(C)c1. The average molecular weight is 491 g/mol. The number of hydrogen-bond acceptors (Lipinski definition) is 5. The summed E-state index contributed by atoms with van der Waals surface area (Å²) in [6, 6.07) is 18.6. The van der Waals surface area contributed by atoms with Crippen molar-refractivity contribution in [3.63, 3.8) is 0 Å². The van der Waals surface area contributed by atoms with Crippen LogP contribution in [0.25, 0.3) is 0 Å². The highest BCUT2D eigenvalue weighted by Gasteiger charge is 2.10. The summed E-state index contributed by atoms with van der Waals surface area (Å²) in [4.78, 5) is 24.8. The van der Waals surface area contributed by atoms with Crippen LogP contribution < -0.4 is 24.8 Å². The van der Waals surface area contributed by atoms with Crippen LogP contribution >= 0.6 is 0 Å². The van der Waals surface area contributed by atoms with Crippen LogP contribution in [0.15, 0.2) is 60.7 Å². The quantitative estimate of drug-likeness (QED) is 0.365. The molecule has 0 aromatic heterocycles. The van der Waals surface area contributed by atoms with E-state index in [1.807, 2.05) is 50.2 Å². The van der Waals surface area contributed by atoms with Crippen LogP contribution in [0.1, 0.15) is 43.8 Å². The lowest BCUT2D eigenvalue weighted by atomic mass is 10.1. The first-order valence-corrected chi connectivity index (χ1v) is 12.0. The van der Waals surface area contributed by atoms with Gasteiger partial charge in [0.05, 0.1) is 20.8 Å². The molecule has 0 spiro atoms. The molecule has 0 unspecified atom stereocenters. The van der Waals surface area contributed by atoms with E-state index in [0.717, 1.165) is 40.4 Å². The molecular weight excluding hydrogens is 456 g/mol. The van der Waals surface area contributed by atoms with E-state index in [1.165, 1.54) is 0 Å². The summed E-state index contributed by atoms with van der Waals surface area (Å²) in [5, 5.41) is 5.89. The Bertz CT molecular complexity index is 1170. The lowest BCUT2D eigenvalue weighted by molar-refractivity contribution is 0.0943. The highest BCUT2D eigenvalue weighted by Crippen LogP contribution is 2.18. The van der Waals surface area contributed by atoms with Crippen LogP contribution in [0.2, 0.25) is 0 Å². The standard InChI is InChI=1S/C29H34N2O5/c1-20-18-24(34-3)10-12-26(20)28(32)30-15-5-17-36-23-8-6-22(7-9-23)14-16-31-29(33)27-13-11-25(35-4)19-21(27)2/h6-13,18-19H,5,14-17H2,1-4H3,(H,30,32)(H,31,33). The Kier molecular flexibility index (Phi) is 9.74. The lowest BCUT2D eigenvalue weighted by Gasteiger charge is -2.11. The molecule has 0 aliphatic carbocycles. The number of ether oxygens (including phenoxy) is 3. The second-order valence-electron chi connectivity index (χ2n) is 8.47. The van der Waals surface area contributed by atoms with E-state index in [4.69, 9.17) is 14.2 Å². The normalized spacial score (nSPS) is 10.4. The zero-order valence-electron chi connectivity index (χ0n) is 21.4. The molecule has 0 heterocycles. The van der Waals surface area contributed by atoms with Crippen molar-refractivity contribution in [2.75, 3.05) is 33.9 Å². The topological polar surface area (TPSA) is 85.9 Å². The molecule has 0 fully saturated rings. The van der Waals surface area contributed by atoms with Crippen LogP contribution in [-0.4, -0.2) is 45.7 Å². The molecule has 7 nitrogen and oxygen atoms in total. The average Bonchev–Trinajstić information content (AvgIpc) is 2.88. The van der Waals surface area contributed by atoms with Crippen molar-refractivity contribution in [3.8, 4) is 17.2 Å². The number of rotatable bonds is 12. The van der Waals surface area contributed by atoms with Crippen molar-refractivity contribution >= 4 is 11.8 Å². The van der Waals surface area contributed by atoms with Crippen LogP contribution in [0.4, 0.5) is 0 Å². The van der Waals surface area contributed by atoms with E-state index in [1.54, 1.807) is 38.5 Å². The largest absolute Gasteiger partial charge is 0.497 e. The molecule has 0 radical (unpaired) electrons. The Hall–Kier alpha value is -4.00. The van der Waals surface area contributed by atoms with Crippen LogP contribution in [0.5, 0.6) is 17.2 Å². The predicted molar refractivity (Wildman–Crippen MR) is 140 cm³/mol. The van der Waals surface area contributed by atoms with Crippen LogP contribution in [0, 0.1) is 13.8 Å². The highest BCUT2D eigenvalue weighted by molar-refractivity contribution is 5.96. The summed E-state index contributed by atoms with van der Waals surface area (Å²) in [5.74, 6) is 2.05. The Labute approximate surface area is 212 Å². The van der Waals surface area contributed by atoms with E-state index < -0.39 is 0 Å². The molecule has 7 heteroatoms. The van der Waals surface area contributed by atoms with Crippen molar-refractivity contribution in [1.29, 1.82) is 0 Å². The van der Waals surface area contributed by atoms with Gasteiger partial charge in [0.1, 0.15) is 17.2 Å². The number of aryl methyl sites for hydroxylation is 2. The van der Waals surface area contributed by atoms with Crippen LogP contribution in [0.3, 0.4) is 0 Å². The molecule has 0 saturated carbocycles. The molecule has 3 aromatic carbocycles. The molecule has 3 rings (SSSR count). The molecule has 190 valence electrons. The summed E-state index contributed by atoms with van der Waals surface area (Å²) in [6.45, 7) is 5.35. The van der Waals surface area contributed by atoms with Gasteiger partial charge < -0.3 is 24.8 Å². The minimum absolute atomic E-state index is 0.0932. The van der Waals surface area contributed by atoms with Gasteiger partial charge in [0.2, 0.25) is 0 Å². The summed E-state index contributed by atoms with van der Waals surface area (Å²) in [5.41, 5.74) is 4.15. The third-order valence-corrected chi connectivity index (χ3v) is 5.85. The smallest absolute Gasteiger partial charge is 0.251 e. The Balaban J connectivity index is 1.35. The Morgan fingerprint density at radius 3 is 1.69 bits per heavy atom. The number of methoxy groups -OCH3 is 2. The molecule has 0 atom stereocenters. The fourth-order valence-corrected chi connectivity index (χ4v) is 3.76. The first-order valence-electron chi connectivity index (χ1n) is 12.0. The van der Waals surface area contributed by atoms with Gasteiger partial charge in [0.25, 0.3) is 11.8 Å². The summed E-state index contributed by atoms with van der Waals surface area (Å²) in [7, 11) is 3.21. The highest BCUT2D eigenvalue weighted by atomic mass is 16.5. The minimum atomic E-state index is -0.103. The van der Waals surface area contributed by atoms with Crippen molar-refractivity contribution in [1.82, 2.24) is 10.6 Å². The fourth-order valence-electron chi connectivity index (χ4n) is 3.76. The zero-order valence-corrected chi connectivity index (χ0v) is 21.4. The molecule has 0 saturated heterocycles. The summed E-state index contributed by atoms with van der Waals surface area (Å²) < 4.78 is 16.2. The van der Waals surface area contributed by atoms with Gasteiger partial charge in [-0.2, -0.15) is 0 Å². The predicted octanol–water partition coefficient (Wildman–Crippen LogP) is 4.49. The number of amides is 2.